The number of rotatable bonds is 6. The second kappa shape index (κ2) is 9.03. The molecule has 0 aliphatic heterocycles. The molecule has 148 valence electrons. The second-order valence-corrected chi connectivity index (χ2v) is 5.63. The van der Waals surface area contributed by atoms with Crippen molar-refractivity contribution in [3.05, 3.63) is 59.7 Å². The Hall–Kier alpha value is -3.36. The van der Waals surface area contributed by atoms with Gasteiger partial charge in [0.05, 0.1) is 12.3 Å². The molecule has 0 saturated heterocycles. The number of hydrazone groups is 1. The summed E-state index contributed by atoms with van der Waals surface area (Å²) in [7, 11) is 0. The van der Waals surface area contributed by atoms with Crippen molar-refractivity contribution in [1.29, 1.82) is 0 Å². The number of alkyl halides is 3. The van der Waals surface area contributed by atoms with Crippen LogP contribution in [0.2, 0.25) is 0 Å². The van der Waals surface area contributed by atoms with Gasteiger partial charge in [0.15, 0.2) is 0 Å². The number of hydrogen-bond donors (Lipinski definition) is 2. The number of halogens is 3. The molecule has 2 aromatic carbocycles. The second-order valence-electron chi connectivity index (χ2n) is 5.63. The molecule has 0 saturated carbocycles. The fourth-order valence-electron chi connectivity index (χ4n) is 2.16. The molecule has 0 radical (unpaired) electrons. The Kier molecular flexibility index (Phi) is 6.75. The number of benzene rings is 2. The Balaban J connectivity index is 2.05. The van der Waals surface area contributed by atoms with Crippen molar-refractivity contribution >= 4 is 23.2 Å². The highest BCUT2D eigenvalue weighted by Crippen LogP contribution is 2.19. The molecule has 6 nitrogen and oxygen atoms in total. The lowest BCUT2D eigenvalue weighted by Crippen LogP contribution is -2.29. The fourth-order valence-corrected chi connectivity index (χ4v) is 2.16. The maximum Gasteiger partial charge on any atom is 0.471 e. The van der Waals surface area contributed by atoms with Gasteiger partial charge in [0.1, 0.15) is 5.75 Å². The summed E-state index contributed by atoms with van der Waals surface area (Å²) in [4.78, 5) is 23.2. The predicted molar refractivity (Wildman–Crippen MR) is 98.4 cm³/mol. The molecule has 0 bridgehead atoms. The molecule has 0 unspecified atom stereocenters. The van der Waals surface area contributed by atoms with Crippen LogP contribution >= 0.6 is 0 Å². The molecule has 0 heterocycles. The van der Waals surface area contributed by atoms with E-state index in [4.69, 9.17) is 4.74 Å². The van der Waals surface area contributed by atoms with Gasteiger partial charge in [-0.2, -0.15) is 18.3 Å². The third-order valence-electron chi connectivity index (χ3n) is 3.55. The van der Waals surface area contributed by atoms with Crippen LogP contribution in [-0.4, -0.2) is 30.3 Å². The average molecular weight is 393 g/mol. The minimum absolute atomic E-state index is 0.0350. The van der Waals surface area contributed by atoms with Crippen LogP contribution in [0.3, 0.4) is 0 Å². The third-order valence-corrected chi connectivity index (χ3v) is 3.55. The zero-order chi connectivity index (χ0) is 20.7. The molecule has 2 rings (SSSR count). The lowest BCUT2D eigenvalue weighted by Gasteiger charge is -2.09. The van der Waals surface area contributed by atoms with Crippen LogP contribution in [0.15, 0.2) is 53.6 Å². The molecule has 0 aliphatic carbocycles. The van der Waals surface area contributed by atoms with Gasteiger partial charge in [-0.3, -0.25) is 9.59 Å². The van der Waals surface area contributed by atoms with Crippen molar-refractivity contribution in [1.82, 2.24) is 5.43 Å². The molecule has 2 amide bonds. The Bertz CT molecular complexity index is 878. The molecule has 0 aromatic heterocycles. The van der Waals surface area contributed by atoms with Gasteiger partial charge in [0.2, 0.25) is 0 Å². The van der Waals surface area contributed by atoms with E-state index in [0.29, 0.717) is 29.2 Å². The summed E-state index contributed by atoms with van der Waals surface area (Å²) >= 11 is 0. The van der Waals surface area contributed by atoms with E-state index in [1.165, 1.54) is 18.2 Å². The maximum absolute atomic E-state index is 12.3. The monoisotopic (exact) mass is 393 g/mol. The summed E-state index contributed by atoms with van der Waals surface area (Å²) < 4.78 is 42.3. The summed E-state index contributed by atoms with van der Waals surface area (Å²) in [5.41, 5.74) is 3.49. The molecule has 28 heavy (non-hydrogen) atoms. The zero-order valence-corrected chi connectivity index (χ0v) is 15.1. The minimum atomic E-state index is -4.98. The van der Waals surface area contributed by atoms with Crippen LogP contribution in [0.5, 0.6) is 5.75 Å². The maximum atomic E-state index is 12.3. The summed E-state index contributed by atoms with van der Waals surface area (Å²) in [5, 5.41) is 5.71. The van der Waals surface area contributed by atoms with E-state index in [1.54, 1.807) is 42.6 Å². The Morgan fingerprint density at radius 2 is 1.75 bits per heavy atom. The van der Waals surface area contributed by atoms with Gasteiger partial charge in [-0.1, -0.05) is 12.1 Å². The van der Waals surface area contributed by atoms with Crippen molar-refractivity contribution in [2.24, 2.45) is 5.10 Å². The van der Waals surface area contributed by atoms with Gasteiger partial charge in [-0.05, 0) is 55.8 Å². The van der Waals surface area contributed by atoms with E-state index < -0.39 is 18.0 Å². The van der Waals surface area contributed by atoms with Crippen LogP contribution in [0.1, 0.15) is 29.8 Å². The quantitative estimate of drug-likeness (QED) is 0.580. The molecule has 2 aromatic rings. The topological polar surface area (TPSA) is 79.8 Å². The van der Waals surface area contributed by atoms with E-state index in [-0.39, 0.29) is 5.69 Å². The first-order chi connectivity index (χ1) is 13.2. The highest BCUT2D eigenvalue weighted by atomic mass is 19.4. The van der Waals surface area contributed by atoms with E-state index in [2.05, 4.69) is 10.5 Å². The SMILES string of the molecule is CCOc1ccc(C(=O)N/N=C(/C)c2cccc(NC(=O)C(F)(F)F)c2)cc1. The Labute approximate surface area is 159 Å². The van der Waals surface area contributed by atoms with Crippen molar-refractivity contribution in [3.63, 3.8) is 0 Å². The standard InChI is InChI=1S/C19H18F3N3O3/c1-3-28-16-9-7-13(8-10-16)17(26)25-24-12(2)14-5-4-6-15(11-14)23-18(27)19(20,21)22/h4-11H,3H2,1-2H3,(H,23,27)(H,25,26)/b24-12-. The van der Waals surface area contributed by atoms with Gasteiger partial charge in [0.25, 0.3) is 5.91 Å². The molecular weight excluding hydrogens is 375 g/mol. The van der Waals surface area contributed by atoms with Gasteiger partial charge in [-0.15, -0.1) is 0 Å². The van der Waals surface area contributed by atoms with Gasteiger partial charge >= 0.3 is 12.1 Å². The van der Waals surface area contributed by atoms with Crippen LogP contribution in [0.25, 0.3) is 0 Å². The number of hydrogen-bond acceptors (Lipinski definition) is 4. The van der Waals surface area contributed by atoms with E-state index in [0.717, 1.165) is 0 Å². The smallest absolute Gasteiger partial charge is 0.471 e. The van der Waals surface area contributed by atoms with E-state index in [9.17, 15) is 22.8 Å². The fraction of sp³-hybridized carbons (Fsp3) is 0.211. The summed E-state index contributed by atoms with van der Waals surface area (Å²) in [6, 6.07) is 12.2. The minimum Gasteiger partial charge on any atom is -0.494 e. The zero-order valence-electron chi connectivity index (χ0n) is 15.1. The predicted octanol–water partition coefficient (Wildman–Crippen LogP) is 3.74. The molecule has 0 spiro atoms. The number of nitrogens with one attached hydrogen (secondary N) is 2. The number of anilines is 1. The molecule has 0 fully saturated rings. The van der Waals surface area contributed by atoms with E-state index in [1.807, 2.05) is 6.92 Å². The van der Waals surface area contributed by atoms with Crippen LogP contribution in [0.4, 0.5) is 18.9 Å². The van der Waals surface area contributed by atoms with Crippen molar-refractivity contribution < 1.29 is 27.5 Å². The normalized spacial score (nSPS) is 11.7. The van der Waals surface area contributed by atoms with E-state index >= 15 is 0 Å². The molecular formula is C19H18F3N3O3. The molecule has 9 heteroatoms. The first kappa shape index (κ1) is 20.9. The lowest BCUT2D eigenvalue weighted by molar-refractivity contribution is -0.167. The van der Waals surface area contributed by atoms with Crippen molar-refractivity contribution in [3.8, 4) is 5.75 Å². The van der Waals surface area contributed by atoms with Crippen LogP contribution in [0, 0.1) is 0 Å². The average Bonchev–Trinajstić information content (AvgIpc) is 2.66. The summed E-state index contributed by atoms with van der Waals surface area (Å²) in [6.07, 6.45) is -4.98. The summed E-state index contributed by atoms with van der Waals surface area (Å²) in [6.45, 7) is 3.93. The van der Waals surface area contributed by atoms with Gasteiger partial charge < -0.3 is 10.1 Å². The number of carbonyl (C=O) groups excluding carboxylic acids is 2. The highest BCUT2D eigenvalue weighted by Gasteiger charge is 2.38. The van der Waals surface area contributed by atoms with Crippen LogP contribution in [-0.2, 0) is 4.79 Å². The molecule has 0 atom stereocenters. The highest BCUT2D eigenvalue weighted by molar-refractivity contribution is 6.02. The number of carbonyl (C=O) groups is 2. The molecule has 2 N–H and O–H groups in total. The third kappa shape index (κ3) is 5.83. The summed E-state index contributed by atoms with van der Waals surface area (Å²) in [5.74, 6) is -1.89. The first-order valence-corrected chi connectivity index (χ1v) is 8.27. The molecule has 0 aliphatic rings. The largest absolute Gasteiger partial charge is 0.494 e. The first-order valence-electron chi connectivity index (χ1n) is 8.27. The number of nitrogens with zero attached hydrogens (tertiary/aromatic N) is 1. The van der Waals surface area contributed by atoms with Gasteiger partial charge in [0, 0.05) is 11.3 Å². The number of amides is 2. The van der Waals surface area contributed by atoms with Crippen molar-refractivity contribution in [2.75, 3.05) is 11.9 Å². The Morgan fingerprint density at radius 3 is 2.36 bits per heavy atom. The Morgan fingerprint density at radius 1 is 1.07 bits per heavy atom. The van der Waals surface area contributed by atoms with Gasteiger partial charge in [-0.25, -0.2) is 5.43 Å². The lowest BCUT2D eigenvalue weighted by atomic mass is 10.1. The van der Waals surface area contributed by atoms with Crippen LogP contribution < -0.4 is 15.5 Å². The van der Waals surface area contributed by atoms with Crippen molar-refractivity contribution in [2.45, 2.75) is 20.0 Å². The number of ether oxygens (including phenoxy) is 1.